The summed E-state index contributed by atoms with van der Waals surface area (Å²) in [5.41, 5.74) is 6.27. The average molecular weight is 195 g/mol. The Morgan fingerprint density at radius 3 is 2.57 bits per heavy atom. The largest absolute Gasteiger partial charge is 0.504 e. The number of rotatable bonds is 3. The molecule has 1 rings (SSSR count). The SMILES string of the molecule is CC(=O)[C@H](N)Cc1ccc(O)c(O)c1. The van der Waals surface area contributed by atoms with Crippen molar-refractivity contribution in [3.63, 3.8) is 0 Å². The topological polar surface area (TPSA) is 83.6 Å². The number of hydrogen-bond donors (Lipinski definition) is 3. The highest BCUT2D eigenvalue weighted by atomic mass is 16.3. The second kappa shape index (κ2) is 4.11. The van der Waals surface area contributed by atoms with E-state index in [1.165, 1.54) is 19.1 Å². The Hall–Kier alpha value is -1.55. The fraction of sp³-hybridized carbons (Fsp3) is 0.300. The predicted octanol–water partition coefficient (Wildman–Crippen LogP) is 0.557. The van der Waals surface area contributed by atoms with Gasteiger partial charge in [-0.25, -0.2) is 0 Å². The second-order valence-corrected chi connectivity index (χ2v) is 3.24. The number of hydrogen-bond acceptors (Lipinski definition) is 4. The summed E-state index contributed by atoms with van der Waals surface area (Å²) in [6.07, 6.45) is 0.364. The van der Waals surface area contributed by atoms with Crippen LogP contribution in [0.2, 0.25) is 0 Å². The third-order valence-corrected chi connectivity index (χ3v) is 2.02. The van der Waals surface area contributed by atoms with Crippen molar-refractivity contribution < 1.29 is 15.0 Å². The molecular weight excluding hydrogens is 182 g/mol. The van der Waals surface area contributed by atoms with Crippen LogP contribution < -0.4 is 5.73 Å². The highest BCUT2D eigenvalue weighted by molar-refractivity contribution is 5.81. The average Bonchev–Trinajstić information content (AvgIpc) is 2.11. The minimum atomic E-state index is -0.557. The van der Waals surface area contributed by atoms with E-state index >= 15 is 0 Å². The quantitative estimate of drug-likeness (QED) is 0.615. The molecule has 0 bridgehead atoms. The first-order chi connectivity index (χ1) is 6.50. The molecule has 4 N–H and O–H groups in total. The van der Waals surface area contributed by atoms with E-state index in [0.29, 0.717) is 6.42 Å². The lowest BCUT2D eigenvalue weighted by Gasteiger charge is -2.08. The third-order valence-electron chi connectivity index (χ3n) is 2.02. The molecule has 0 aliphatic rings. The zero-order chi connectivity index (χ0) is 10.7. The van der Waals surface area contributed by atoms with Gasteiger partial charge in [-0.3, -0.25) is 4.79 Å². The second-order valence-electron chi connectivity index (χ2n) is 3.24. The Morgan fingerprint density at radius 1 is 1.43 bits per heavy atom. The third kappa shape index (κ3) is 2.47. The summed E-state index contributed by atoms with van der Waals surface area (Å²) >= 11 is 0. The zero-order valence-corrected chi connectivity index (χ0v) is 7.90. The van der Waals surface area contributed by atoms with Crippen LogP contribution in [0.15, 0.2) is 18.2 Å². The van der Waals surface area contributed by atoms with Crippen LogP contribution in [0.25, 0.3) is 0 Å². The molecule has 4 nitrogen and oxygen atoms in total. The van der Waals surface area contributed by atoms with Gasteiger partial charge in [0, 0.05) is 0 Å². The lowest BCUT2D eigenvalue weighted by molar-refractivity contribution is -0.118. The maximum atomic E-state index is 10.9. The monoisotopic (exact) mass is 195 g/mol. The number of aromatic hydroxyl groups is 2. The van der Waals surface area contributed by atoms with Gasteiger partial charge in [-0.15, -0.1) is 0 Å². The summed E-state index contributed by atoms with van der Waals surface area (Å²) in [5.74, 6) is -0.471. The molecule has 76 valence electrons. The van der Waals surface area contributed by atoms with Crippen molar-refractivity contribution in [2.45, 2.75) is 19.4 Å². The summed E-state index contributed by atoms with van der Waals surface area (Å²) in [4.78, 5) is 10.9. The van der Waals surface area contributed by atoms with Crippen molar-refractivity contribution in [2.75, 3.05) is 0 Å². The number of carbonyl (C=O) groups excluding carboxylic acids is 1. The van der Waals surface area contributed by atoms with Gasteiger partial charge in [0.15, 0.2) is 11.5 Å². The zero-order valence-electron chi connectivity index (χ0n) is 7.90. The van der Waals surface area contributed by atoms with E-state index in [1.54, 1.807) is 6.07 Å². The van der Waals surface area contributed by atoms with Gasteiger partial charge in [0.05, 0.1) is 6.04 Å². The van der Waals surface area contributed by atoms with Gasteiger partial charge < -0.3 is 15.9 Å². The van der Waals surface area contributed by atoms with Crippen molar-refractivity contribution in [1.29, 1.82) is 0 Å². The van der Waals surface area contributed by atoms with Crippen molar-refractivity contribution in [3.8, 4) is 11.5 Å². The summed E-state index contributed by atoms with van der Waals surface area (Å²) in [5, 5.41) is 18.2. The number of carbonyl (C=O) groups is 1. The van der Waals surface area contributed by atoms with Gasteiger partial charge in [-0.05, 0) is 31.0 Å². The number of benzene rings is 1. The molecule has 4 heteroatoms. The standard InChI is InChI=1S/C10H13NO3/c1-6(12)8(11)4-7-2-3-9(13)10(14)5-7/h2-3,5,8,13-14H,4,11H2,1H3/t8-/m1/s1. The summed E-state index contributed by atoms with van der Waals surface area (Å²) in [7, 11) is 0. The highest BCUT2D eigenvalue weighted by Gasteiger charge is 2.10. The minimum Gasteiger partial charge on any atom is -0.504 e. The van der Waals surface area contributed by atoms with E-state index in [9.17, 15) is 9.90 Å². The molecule has 0 radical (unpaired) electrons. The number of ketones is 1. The molecule has 0 saturated heterocycles. The number of phenols is 2. The lowest BCUT2D eigenvalue weighted by Crippen LogP contribution is -2.30. The van der Waals surface area contributed by atoms with Gasteiger partial charge in [-0.1, -0.05) is 6.07 Å². The molecule has 0 heterocycles. The van der Waals surface area contributed by atoms with E-state index in [-0.39, 0.29) is 17.3 Å². The van der Waals surface area contributed by atoms with E-state index < -0.39 is 6.04 Å². The molecule has 0 saturated carbocycles. The van der Waals surface area contributed by atoms with Crippen LogP contribution in [0.1, 0.15) is 12.5 Å². The molecule has 1 atom stereocenters. The van der Waals surface area contributed by atoms with Crippen LogP contribution in [0.4, 0.5) is 0 Å². The maximum Gasteiger partial charge on any atom is 0.157 e. The summed E-state index contributed by atoms with van der Waals surface area (Å²) in [6, 6.07) is 3.84. The molecular formula is C10H13NO3. The van der Waals surface area contributed by atoms with Crippen LogP contribution in [0.3, 0.4) is 0 Å². The van der Waals surface area contributed by atoms with Crippen LogP contribution in [0, 0.1) is 0 Å². The summed E-state index contributed by atoms with van der Waals surface area (Å²) < 4.78 is 0. The minimum absolute atomic E-state index is 0.0995. The molecule has 0 aliphatic heterocycles. The number of nitrogens with two attached hydrogens (primary N) is 1. The molecule has 1 aromatic rings. The first kappa shape index (κ1) is 10.5. The Bertz CT molecular complexity index is 349. The smallest absolute Gasteiger partial charge is 0.157 e. The van der Waals surface area contributed by atoms with E-state index in [4.69, 9.17) is 10.8 Å². The van der Waals surface area contributed by atoms with Crippen LogP contribution in [-0.4, -0.2) is 22.0 Å². The Morgan fingerprint density at radius 2 is 2.07 bits per heavy atom. The molecule has 0 aromatic heterocycles. The molecule has 0 fully saturated rings. The van der Waals surface area contributed by atoms with Crippen molar-refractivity contribution in [3.05, 3.63) is 23.8 Å². The highest BCUT2D eigenvalue weighted by Crippen LogP contribution is 2.25. The first-order valence-corrected chi connectivity index (χ1v) is 4.27. The van der Waals surface area contributed by atoms with Crippen LogP contribution in [0.5, 0.6) is 11.5 Å². The molecule has 1 aromatic carbocycles. The van der Waals surface area contributed by atoms with Gasteiger partial charge in [0.25, 0.3) is 0 Å². The Labute approximate surface area is 82.0 Å². The lowest BCUT2D eigenvalue weighted by atomic mass is 10.0. The molecule has 0 unspecified atom stereocenters. The Balaban J connectivity index is 2.78. The van der Waals surface area contributed by atoms with Crippen LogP contribution in [-0.2, 0) is 11.2 Å². The predicted molar refractivity (Wildman–Crippen MR) is 52.1 cm³/mol. The van der Waals surface area contributed by atoms with Crippen LogP contribution >= 0.6 is 0 Å². The van der Waals surface area contributed by atoms with Crippen molar-refractivity contribution in [1.82, 2.24) is 0 Å². The molecule has 0 spiro atoms. The normalized spacial score (nSPS) is 12.4. The van der Waals surface area contributed by atoms with E-state index in [2.05, 4.69) is 0 Å². The molecule has 0 aliphatic carbocycles. The molecule has 14 heavy (non-hydrogen) atoms. The number of Topliss-reactive ketones (excluding diaryl/α,β-unsaturated/α-hetero) is 1. The number of phenolic OH excluding ortho intramolecular Hbond substituents is 2. The fourth-order valence-corrected chi connectivity index (χ4v) is 1.09. The fourth-order valence-electron chi connectivity index (χ4n) is 1.09. The van der Waals surface area contributed by atoms with Gasteiger partial charge in [-0.2, -0.15) is 0 Å². The van der Waals surface area contributed by atoms with E-state index in [1.807, 2.05) is 0 Å². The van der Waals surface area contributed by atoms with Gasteiger partial charge in [0.1, 0.15) is 5.78 Å². The van der Waals surface area contributed by atoms with Gasteiger partial charge >= 0.3 is 0 Å². The summed E-state index contributed by atoms with van der Waals surface area (Å²) in [6.45, 7) is 1.42. The van der Waals surface area contributed by atoms with Crippen molar-refractivity contribution in [2.24, 2.45) is 5.73 Å². The first-order valence-electron chi connectivity index (χ1n) is 4.27. The van der Waals surface area contributed by atoms with E-state index in [0.717, 1.165) is 5.56 Å². The van der Waals surface area contributed by atoms with Crippen molar-refractivity contribution >= 4 is 5.78 Å². The molecule has 0 amide bonds. The van der Waals surface area contributed by atoms with Gasteiger partial charge in [0.2, 0.25) is 0 Å². The maximum absolute atomic E-state index is 10.9. The Kier molecular flexibility index (Phi) is 3.09.